The van der Waals surface area contributed by atoms with Gasteiger partial charge in [0.1, 0.15) is 0 Å². The standard InChI is InChI=1S/C24H14Cl4N4/c25-16-8-13-7-11-5-6-12(29-11)9-17-14-3-1-2-4-15(14)18(31-17)10-19-20(26)21(27)24(32-19)22(28)23(16)30-13/h1-10,29-32H. The van der Waals surface area contributed by atoms with Gasteiger partial charge in [-0.1, -0.05) is 70.7 Å². The first-order chi connectivity index (χ1) is 15.5. The van der Waals surface area contributed by atoms with Crippen molar-refractivity contribution in [1.82, 2.24) is 19.9 Å². The van der Waals surface area contributed by atoms with E-state index in [9.17, 15) is 0 Å². The number of fused-ring (bicyclic) bond motifs is 11. The molecule has 0 radical (unpaired) electrons. The number of aromatic nitrogens is 4. The van der Waals surface area contributed by atoms with Gasteiger partial charge in [-0.15, -0.1) is 0 Å². The third-order valence-corrected chi connectivity index (χ3v) is 7.09. The van der Waals surface area contributed by atoms with Crippen LogP contribution in [0.15, 0.2) is 42.5 Å². The molecule has 1 aliphatic heterocycles. The highest BCUT2D eigenvalue weighted by atomic mass is 35.5. The molecule has 0 spiro atoms. The lowest BCUT2D eigenvalue weighted by Crippen LogP contribution is -2.13. The molecule has 0 aliphatic carbocycles. The molecule has 8 bridgehead atoms. The van der Waals surface area contributed by atoms with Gasteiger partial charge < -0.3 is 19.9 Å². The summed E-state index contributed by atoms with van der Waals surface area (Å²) in [6.45, 7) is 0. The van der Waals surface area contributed by atoms with Crippen LogP contribution >= 0.6 is 46.4 Å². The number of rotatable bonds is 0. The van der Waals surface area contributed by atoms with E-state index in [0.717, 1.165) is 38.2 Å². The van der Waals surface area contributed by atoms with Crippen LogP contribution in [0.2, 0.25) is 15.1 Å². The Balaban J connectivity index is 1.78. The maximum atomic E-state index is 6.71. The second kappa shape index (κ2) is 7.39. The summed E-state index contributed by atoms with van der Waals surface area (Å²) < 4.78 is 0. The highest BCUT2D eigenvalue weighted by Crippen LogP contribution is 2.34. The highest BCUT2D eigenvalue weighted by Gasteiger charge is 2.17. The van der Waals surface area contributed by atoms with E-state index in [4.69, 9.17) is 46.4 Å². The van der Waals surface area contributed by atoms with Crippen LogP contribution in [0.1, 0.15) is 22.8 Å². The Morgan fingerprint density at radius 3 is 2.06 bits per heavy atom. The monoisotopic (exact) mass is 498 g/mol. The van der Waals surface area contributed by atoms with Crippen molar-refractivity contribution in [3.8, 4) is 0 Å². The van der Waals surface area contributed by atoms with Crippen molar-refractivity contribution in [2.75, 3.05) is 0 Å². The molecule has 0 unspecified atom stereocenters. The Morgan fingerprint density at radius 2 is 1.31 bits per heavy atom. The molecule has 0 fully saturated rings. The molecule has 4 aromatic heterocycles. The zero-order valence-corrected chi connectivity index (χ0v) is 19.3. The second-order valence-electron chi connectivity index (χ2n) is 7.60. The molecular weight excluding hydrogens is 486 g/mol. The Morgan fingerprint density at radius 1 is 0.625 bits per heavy atom. The number of hydrogen-bond acceptors (Lipinski definition) is 0. The third-order valence-electron chi connectivity index (χ3n) is 5.55. The summed E-state index contributed by atoms with van der Waals surface area (Å²) in [5.41, 5.74) is 3.03. The van der Waals surface area contributed by atoms with Gasteiger partial charge in [-0.3, -0.25) is 0 Å². The minimum Gasteiger partial charge on any atom is -0.355 e. The molecule has 4 nitrogen and oxygen atoms in total. The second-order valence-corrected chi connectivity index (χ2v) is 9.14. The summed E-state index contributed by atoms with van der Waals surface area (Å²) in [7, 11) is 0. The first-order valence-corrected chi connectivity index (χ1v) is 11.3. The van der Waals surface area contributed by atoms with Gasteiger partial charge in [-0.25, -0.2) is 0 Å². The number of benzene rings is 1. The number of aromatic amines is 4. The van der Waals surface area contributed by atoms with Crippen molar-refractivity contribution in [3.05, 3.63) is 102 Å². The Labute approximate surface area is 201 Å². The normalized spacial score (nSPS) is 13.1. The maximum absolute atomic E-state index is 6.71. The van der Waals surface area contributed by atoms with Gasteiger partial charge in [0.05, 0.1) is 36.8 Å². The van der Waals surface area contributed by atoms with Gasteiger partial charge in [0.15, 0.2) is 0 Å². The van der Waals surface area contributed by atoms with E-state index in [2.05, 4.69) is 38.1 Å². The topological polar surface area (TPSA) is 63.2 Å². The van der Waals surface area contributed by atoms with Gasteiger partial charge >= 0.3 is 0 Å². The van der Waals surface area contributed by atoms with Crippen molar-refractivity contribution < 1.29 is 0 Å². The molecule has 0 amide bonds. The highest BCUT2D eigenvalue weighted by molar-refractivity contribution is 6.52. The molecule has 32 heavy (non-hydrogen) atoms. The molecule has 0 saturated carbocycles. The summed E-state index contributed by atoms with van der Waals surface area (Å²) in [4.78, 5) is 13.4. The minimum atomic E-state index is 0.333. The van der Waals surface area contributed by atoms with Crippen LogP contribution in [-0.2, 0) is 0 Å². The molecule has 6 rings (SSSR count). The number of H-pyrrole nitrogens is 4. The van der Waals surface area contributed by atoms with Crippen LogP contribution in [-0.4, -0.2) is 19.9 Å². The predicted molar refractivity (Wildman–Crippen MR) is 133 cm³/mol. The quantitative estimate of drug-likeness (QED) is 0.245. The van der Waals surface area contributed by atoms with Crippen molar-refractivity contribution in [3.63, 3.8) is 0 Å². The average molecular weight is 500 g/mol. The van der Waals surface area contributed by atoms with Crippen molar-refractivity contribution in [2.45, 2.75) is 0 Å². The molecule has 1 aliphatic rings. The first-order valence-electron chi connectivity index (χ1n) is 9.80. The Bertz CT molecular complexity index is 1780. The van der Waals surface area contributed by atoms with E-state index in [0.29, 0.717) is 36.8 Å². The lowest BCUT2D eigenvalue weighted by Gasteiger charge is -1.96. The van der Waals surface area contributed by atoms with Gasteiger partial charge in [-0.2, -0.15) is 0 Å². The molecule has 5 aromatic rings. The van der Waals surface area contributed by atoms with Crippen molar-refractivity contribution in [1.29, 1.82) is 0 Å². The van der Waals surface area contributed by atoms with Crippen LogP contribution in [0, 0.1) is 0 Å². The third kappa shape index (κ3) is 3.14. The predicted octanol–water partition coefficient (Wildman–Crippen LogP) is 4.31. The largest absolute Gasteiger partial charge is 0.355 e. The maximum Gasteiger partial charge on any atom is 0.0907 e. The van der Waals surface area contributed by atoms with Crippen LogP contribution in [0.4, 0.5) is 0 Å². The summed E-state index contributed by atoms with van der Waals surface area (Å²) in [6, 6.07) is 14.0. The summed E-state index contributed by atoms with van der Waals surface area (Å²) >= 11 is 26.3. The van der Waals surface area contributed by atoms with Gasteiger partial charge in [-0.05, 0) is 36.4 Å². The molecular formula is C24H14Cl4N4. The number of nitrogens with one attached hydrogen (secondary N) is 4. The van der Waals surface area contributed by atoms with E-state index >= 15 is 0 Å². The Kier molecular flexibility index (Phi) is 4.60. The summed E-state index contributed by atoms with van der Waals surface area (Å²) in [5.74, 6) is 0. The van der Waals surface area contributed by atoms with E-state index in [1.807, 2.05) is 42.5 Å². The number of halogens is 4. The van der Waals surface area contributed by atoms with Crippen molar-refractivity contribution >= 4 is 80.4 Å². The van der Waals surface area contributed by atoms with E-state index in [-0.39, 0.29) is 0 Å². The lowest BCUT2D eigenvalue weighted by molar-refractivity contribution is 1.23. The summed E-state index contributed by atoms with van der Waals surface area (Å²) in [5, 5.41) is 6.97. The molecule has 4 N–H and O–H groups in total. The number of hydrogen-bond donors (Lipinski definition) is 4. The van der Waals surface area contributed by atoms with Crippen LogP contribution < -0.4 is 21.4 Å². The molecule has 0 atom stereocenters. The van der Waals surface area contributed by atoms with Gasteiger partial charge in [0, 0.05) is 38.2 Å². The SMILES string of the molecule is ClC1=c2[nH]c(cc2Cl)=Cc2ccc([nH]2)C=c2[nH]c(c3ccccc23)=Cc2[nH]c1c(Cl)c2Cl. The molecule has 8 heteroatoms. The zero-order chi connectivity index (χ0) is 22.0. The van der Waals surface area contributed by atoms with Crippen LogP contribution in [0.5, 0.6) is 0 Å². The van der Waals surface area contributed by atoms with Gasteiger partial charge in [0.25, 0.3) is 0 Å². The molecule has 0 saturated heterocycles. The van der Waals surface area contributed by atoms with Gasteiger partial charge in [0.2, 0.25) is 0 Å². The molecule has 1 aromatic carbocycles. The smallest absolute Gasteiger partial charge is 0.0907 e. The fourth-order valence-corrected chi connectivity index (χ4v) is 5.15. The average Bonchev–Trinajstić information content (AvgIpc) is 3.52. The molecule has 158 valence electrons. The van der Waals surface area contributed by atoms with Crippen molar-refractivity contribution in [2.24, 2.45) is 0 Å². The van der Waals surface area contributed by atoms with Crippen LogP contribution in [0.3, 0.4) is 0 Å². The molecule has 5 heterocycles. The minimum absolute atomic E-state index is 0.333. The van der Waals surface area contributed by atoms with E-state index < -0.39 is 0 Å². The fourth-order valence-electron chi connectivity index (χ4n) is 4.06. The summed E-state index contributed by atoms with van der Waals surface area (Å²) in [6.07, 6.45) is 5.97. The lowest BCUT2D eigenvalue weighted by atomic mass is 10.2. The fraction of sp³-hybridized carbons (Fsp3) is 0. The van der Waals surface area contributed by atoms with Crippen LogP contribution in [0.25, 0.3) is 34.0 Å². The Hall–Kier alpha value is -2.76. The van der Waals surface area contributed by atoms with E-state index in [1.165, 1.54) is 0 Å². The zero-order valence-electron chi connectivity index (χ0n) is 16.3. The van der Waals surface area contributed by atoms with E-state index in [1.54, 1.807) is 0 Å². The first kappa shape index (κ1) is 19.9.